The second kappa shape index (κ2) is 8.42. The van der Waals surface area contributed by atoms with Crippen LogP contribution in [0.15, 0.2) is 73.2 Å². The van der Waals surface area contributed by atoms with Gasteiger partial charge in [-0.1, -0.05) is 36.4 Å². The third-order valence-corrected chi connectivity index (χ3v) is 6.51. The average Bonchev–Trinajstić information content (AvgIpc) is 3.53. The zero-order chi connectivity index (χ0) is 21.2. The molecule has 0 bridgehead atoms. The molecule has 1 amide bonds. The Morgan fingerprint density at radius 1 is 1.13 bits per heavy atom. The van der Waals surface area contributed by atoms with E-state index in [2.05, 4.69) is 69.2 Å². The second-order valence-corrected chi connectivity index (χ2v) is 8.71. The van der Waals surface area contributed by atoms with Crippen molar-refractivity contribution in [3.63, 3.8) is 0 Å². The Morgan fingerprint density at radius 3 is 2.81 bits per heavy atom. The van der Waals surface area contributed by atoms with Crippen molar-refractivity contribution >= 4 is 16.8 Å². The molecule has 31 heavy (non-hydrogen) atoms. The highest BCUT2D eigenvalue weighted by molar-refractivity contribution is 5.85. The molecule has 1 aliphatic heterocycles. The summed E-state index contributed by atoms with van der Waals surface area (Å²) in [6, 6.07) is 19.3. The van der Waals surface area contributed by atoms with Crippen molar-refractivity contribution in [2.45, 2.75) is 38.8 Å². The third-order valence-electron chi connectivity index (χ3n) is 6.51. The second-order valence-electron chi connectivity index (χ2n) is 8.71. The third kappa shape index (κ3) is 4.13. The molecule has 158 valence electrons. The van der Waals surface area contributed by atoms with Crippen LogP contribution in [0.3, 0.4) is 0 Å². The maximum absolute atomic E-state index is 12.9. The Balaban J connectivity index is 1.23. The van der Waals surface area contributed by atoms with E-state index in [9.17, 15) is 4.79 Å². The maximum Gasteiger partial charge on any atom is 0.223 e. The molecule has 2 aromatic carbocycles. The first-order valence-corrected chi connectivity index (χ1v) is 11.1. The van der Waals surface area contributed by atoms with E-state index >= 15 is 0 Å². The number of likely N-dealkylation sites (tertiary alicyclic amines) is 1. The van der Waals surface area contributed by atoms with Crippen LogP contribution in [0.2, 0.25) is 0 Å². The van der Waals surface area contributed by atoms with E-state index in [4.69, 9.17) is 0 Å². The summed E-state index contributed by atoms with van der Waals surface area (Å²) in [4.78, 5) is 14.9. The van der Waals surface area contributed by atoms with Crippen LogP contribution >= 0.6 is 0 Å². The number of hydrogen-bond donors (Lipinski definition) is 1. The lowest BCUT2D eigenvalue weighted by Crippen LogP contribution is -2.34. The molecule has 5 nitrogen and oxygen atoms in total. The number of benzene rings is 2. The minimum Gasteiger partial charge on any atom is -0.347 e. The summed E-state index contributed by atoms with van der Waals surface area (Å²) in [5.41, 5.74) is 4.74. The van der Waals surface area contributed by atoms with E-state index in [1.807, 2.05) is 30.6 Å². The Kier molecular flexibility index (Phi) is 5.33. The quantitative estimate of drug-likeness (QED) is 0.490. The molecule has 2 aromatic heterocycles. The SMILES string of the molecule is C[C@@H]1C[C@@H](Cn2ccc3cc(-c4cn[nH]c4)ccc32)CN1C(=O)CCc1ccccc1. The standard InChI is InChI=1S/C26H28N4O/c1-19-13-21(18-30(19)26(31)10-7-20-5-3-2-4-6-20)17-29-12-11-23-14-22(8-9-25(23)29)24-15-27-28-16-24/h2-6,8-9,11-12,14-16,19,21H,7,10,13,17-18H2,1H3,(H,27,28)/t19-,21+/m1/s1. The van der Waals surface area contributed by atoms with Crippen LogP contribution in [0.5, 0.6) is 0 Å². The van der Waals surface area contributed by atoms with Gasteiger partial charge in [0.15, 0.2) is 0 Å². The van der Waals surface area contributed by atoms with Crippen LogP contribution in [0.4, 0.5) is 0 Å². The number of H-pyrrole nitrogens is 1. The number of aryl methyl sites for hydroxylation is 1. The summed E-state index contributed by atoms with van der Waals surface area (Å²) < 4.78 is 2.34. The summed E-state index contributed by atoms with van der Waals surface area (Å²) in [5, 5.41) is 8.16. The number of carbonyl (C=O) groups excluding carboxylic acids is 1. The zero-order valence-electron chi connectivity index (χ0n) is 17.9. The molecule has 1 aliphatic rings. The van der Waals surface area contributed by atoms with Crippen LogP contribution in [-0.4, -0.2) is 38.2 Å². The molecule has 5 rings (SSSR count). The number of aromatic amines is 1. The molecule has 1 fully saturated rings. The molecule has 0 aliphatic carbocycles. The van der Waals surface area contributed by atoms with Gasteiger partial charge in [-0.25, -0.2) is 0 Å². The van der Waals surface area contributed by atoms with Gasteiger partial charge in [-0.15, -0.1) is 0 Å². The highest BCUT2D eigenvalue weighted by Crippen LogP contribution is 2.29. The number of nitrogens with one attached hydrogen (secondary N) is 1. The summed E-state index contributed by atoms with van der Waals surface area (Å²) in [6.45, 7) is 3.98. The number of nitrogens with zero attached hydrogens (tertiary/aromatic N) is 3. The molecular weight excluding hydrogens is 384 g/mol. The van der Waals surface area contributed by atoms with Crippen molar-refractivity contribution < 1.29 is 4.79 Å². The first-order chi connectivity index (χ1) is 15.2. The van der Waals surface area contributed by atoms with Crippen LogP contribution in [0.25, 0.3) is 22.0 Å². The molecule has 0 saturated carbocycles. The fourth-order valence-electron chi connectivity index (χ4n) is 4.89. The van der Waals surface area contributed by atoms with Gasteiger partial charge in [0.25, 0.3) is 0 Å². The summed E-state index contributed by atoms with van der Waals surface area (Å²) in [6.07, 6.45) is 8.40. The monoisotopic (exact) mass is 412 g/mol. The fourth-order valence-corrected chi connectivity index (χ4v) is 4.89. The Morgan fingerprint density at radius 2 is 2.00 bits per heavy atom. The lowest BCUT2D eigenvalue weighted by Gasteiger charge is -2.21. The van der Waals surface area contributed by atoms with Crippen molar-refractivity contribution in [3.8, 4) is 11.1 Å². The molecule has 0 unspecified atom stereocenters. The predicted molar refractivity (Wildman–Crippen MR) is 124 cm³/mol. The van der Waals surface area contributed by atoms with E-state index in [0.717, 1.165) is 31.5 Å². The molecule has 2 atom stereocenters. The van der Waals surface area contributed by atoms with Gasteiger partial charge in [0.05, 0.1) is 6.20 Å². The Bertz CT molecular complexity index is 1160. The molecule has 0 spiro atoms. The molecule has 3 heterocycles. The first kappa shape index (κ1) is 19.6. The minimum absolute atomic E-state index is 0.279. The van der Waals surface area contributed by atoms with E-state index in [-0.39, 0.29) is 5.91 Å². The molecule has 1 saturated heterocycles. The van der Waals surface area contributed by atoms with Gasteiger partial charge >= 0.3 is 0 Å². The van der Waals surface area contributed by atoms with Gasteiger partial charge in [0, 0.05) is 54.4 Å². The number of hydrogen-bond acceptors (Lipinski definition) is 2. The van der Waals surface area contributed by atoms with Crippen molar-refractivity contribution in [3.05, 3.63) is 78.8 Å². The average molecular weight is 413 g/mol. The topological polar surface area (TPSA) is 53.9 Å². The molecule has 4 aromatic rings. The summed E-state index contributed by atoms with van der Waals surface area (Å²) in [5.74, 6) is 0.765. The predicted octanol–water partition coefficient (Wildman–Crippen LogP) is 4.90. The van der Waals surface area contributed by atoms with Gasteiger partial charge in [-0.05, 0) is 55.0 Å². The van der Waals surface area contributed by atoms with Crippen LogP contribution < -0.4 is 0 Å². The van der Waals surface area contributed by atoms with Gasteiger partial charge in [-0.3, -0.25) is 9.89 Å². The lowest BCUT2D eigenvalue weighted by molar-refractivity contribution is -0.131. The van der Waals surface area contributed by atoms with Gasteiger partial charge in [0.2, 0.25) is 5.91 Å². The van der Waals surface area contributed by atoms with E-state index in [0.29, 0.717) is 18.4 Å². The maximum atomic E-state index is 12.9. The number of carbonyl (C=O) groups is 1. The van der Waals surface area contributed by atoms with E-state index < -0.39 is 0 Å². The first-order valence-electron chi connectivity index (χ1n) is 11.1. The van der Waals surface area contributed by atoms with E-state index in [1.54, 1.807) is 0 Å². The van der Waals surface area contributed by atoms with Crippen molar-refractivity contribution in [2.75, 3.05) is 6.54 Å². The van der Waals surface area contributed by atoms with E-state index in [1.165, 1.54) is 22.0 Å². The van der Waals surface area contributed by atoms with Gasteiger partial charge in [0.1, 0.15) is 0 Å². The molecule has 5 heteroatoms. The summed E-state index contributed by atoms with van der Waals surface area (Å²) >= 11 is 0. The van der Waals surface area contributed by atoms with Crippen molar-refractivity contribution in [1.29, 1.82) is 0 Å². The van der Waals surface area contributed by atoms with Crippen LogP contribution in [-0.2, 0) is 17.8 Å². The minimum atomic E-state index is 0.279. The molecule has 0 radical (unpaired) electrons. The molecule has 1 N–H and O–H groups in total. The Labute approximate surface area is 182 Å². The number of fused-ring (bicyclic) bond motifs is 1. The number of amides is 1. The van der Waals surface area contributed by atoms with Crippen LogP contribution in [0, 0.1) is 5.92 Å². The van der Waals surface area contributed by atoms with Crippen molar-refractivity contribution in [2.24, 2.45) is 5.92 Å². The highest BCUT2D eigenvalue weighted by Gasteiger charge is 2.32. The zero-order valence-corrected chi connectivity index (χ0v) is 17.9. The lowest BCUT2D eigenvalue weighted by atomic mass is 10.1. The summed E-state index contributed by atoms with van der Waals surface area (Å²) in [7, 11) is 0. The van der Waals surface area contributed by atoms with Crippen LogP contribution in [0.1, 0.15) is 25.3 Å². The fraction of sp³-hybridized carbons (Fsp3) is 0.308. The highest BCUT2D eigenvalue weighted by atomic mass is 16.2. The van der Waals surface area contributed by atoms with Crippen molar-refractivity contribution in [1.82, 2.24) is 19.7 Å². The number of rotatable bonds is 6. The molecular formula is C26H28N4O. The normalized spacial score (nSPS) is 18.7. The smallest absolute Gasteiger partial charge is 0.223 e. The van der Waals surface area contributed by atoms with Gasteiger partial charge < -0.3 is 9.47 Å². The largest absolute Gasteiger partial charge is 0.347 e. The Hall–Kier alpha value is -3.34. The van der Waals surface area contributed by atoms with Gasteiger partial charge in [-0.2, -0.15) is 5.10 Å². The number of aromatic nitrogens is 3.